The van der Waals surface area contributed by atoms with Crippen molar-refractivity contribution < 1.29 is 24.0 Å². The second-order valence-corrected chi connectivity index (χ2v) is 12.1. The number of piperazine rings is 1. The highest BCUT2D eigenvalue weighted by molar-refractivity contribution is 5.97. The van der Waals surface area contributed by atoms with E-state index >= 15 is 0 Å². The van der Waals surface area contributed by atoms with Gasteiger partial charge in [0.05, 0.1) is 25.2 Å². The molecule has 3 fully saturated rings. The molecule has 2 aromatic carbocycles. The number of hydrogen-bond donors (Lipinski definition) is 4. The minimum Gasteiger partial charge on any atom is -0.354 e. The lowest BCUT2D eigenvalue weighted by Gasteiger charge is -2.44. The normalized spacial score (nSPS) is 23.0. The Morgan fingerprint density at radius 1 is 0.956 bits per heavy atom. The van der Waals surface area contributed by atoms with Gasteiger partial charge in [-0.1, -0.05) is 60.7 Å². The van der Waals surface area contributed by atoms with Crippen LogP contribution in [0.2, 0.25) is 0 Å². The van der Waals surface area contributed by atoms with Crippen LogP contribution in [-0.4, -0.2) is 115 Å². The third-order valence-corrected chi connectivity index (χ3v) is 9.19. The summed E-state index contributed by atoms with van der Waals surface area (Å²) < 4.78 is 0. The third-order valence-electron chi connectivity index (χ3n) is 9.19. The summed E-state index contributed by atoms with van der Waals surface area (Å²) in [6.45, 7) is 3.35. The highest BCUT2D eigenvalue weighted by Gasteiger charge is 2.53. The van der Waals surface area contributed by atoms with Crippen LogP contribution < -0.4 is 21.3 Å². The van der Waals surface area contributed by atoms with E-state index in [1.165, 1.54) is 0 Å². The van der Waals surface area contributed by atoms with Gasteiger partial charge in [0.25, 0.3) is 0 Å². The summed E-state index contributed by atoms with van der Waals surface area (Å²) in [6.07, 6.45) is 1.30. The van der Waals surface area contributed by atoms with E-state index < -0.39 is 23.7 Å². The van der Waals surface area contributed by atoms with Gasteiger partial charge in [-0.15, -0.1) is 0 Å². The zero-order valence-corrected chi connectivity index (χ0v) is 26.0. The van der Waals surface area contributed by atoms with Crippen molar-refractivity contribution in [2.45, 2.75) is 49.9 Å². The summed E-state index contributed by atoms with van der Waals surface area (Å²) in [5, 5.41) is 11.8. The maximum Gasteiger partial charge on any atom is 0.247 e. The van der Waals surface area contributed by atoms with E-state index in [0.29, 0.717) is 32.5 Å². The molecule has 0 bridgehead atoms. The summed E-state index contributed by atoms with van der Waals surface area (Å²) in [6, 6.07) is 17.3. The molecule has 0 aliphatic carbocycles. The molecule has 12 nitrogen and oxygen atoms in total. The van der Waals surface area contributed by atoms with E-state index in [1.807, 2.05) is 60.7 Å². The van der Waals surface area contributed by atoms with Crippen LogP contribution in [0.3, 0.4) is 0 Å². The Morgan fingerprint density at radius 3 is 2.24 bits per heavy atom. The first-order valence-corrected chi connectivity index (χ1v) is 15.7. The van der Waals surface area contributed by atoms with Crippen LogP contribution in [-0.2, 0) is 24.0 Å². The van der Waals surface area contributed by atoms with Crippen molar-refractivity contribution in [1.29, 1.82) is 0 Å². The Kier molecular flexibility index (Phi) is 10.1. The zero-order chi connectivity index (χ0) is 32.0. The van der Waals surface area contributed by atoms with Crippen LogP contribution in [0.4, 0.5) is 0 Å². The lowest BCUT2D eigenvalue weighted by molar-refractivity contribution is -0.152. The van der Waals surface area contributed by atoms with Crippen molar-refractivity contribution in [3.63, 3.8) is 0 Å². The number of rotatable bonds is 9. The second-order valence-electron chi connectivity index (χ2n) is 12.1. The van der Waals surface area contributed by atoms with Gasteiger partial charge in [0.15, 0.2) is 0 Å². The van der Waals surface area contributed by atoms with E-state index in [4.69, 9.17) is 0 Å². The van der Waals surface area contributed by atoms with Gasteiger partial charge in [0.2, 0.25) is 29.5 Å². The van der Waals surface area contributed by atoms with E-state index in [1.54, 1.807) is 28.7 Å². The van der Waals surface area contributed by atoms with Crippen LogP contribution in [0.5, 0.6) is 0 Å². The Morgan fingerprint density at radius 2 is 1.62 bits per heavy atom. The van der Waals surface area contributed by atoms with E-state index in [-0.39, 0.29) is 62.1 Å². The molecule has 45 heavy (non-hydrogen) atoms. The Labute approximate surface area is 263 Å². The molecular formula is C33H43N7O5. The minimum atomic E-state index is -1.21. The molecule has 5 rings (SSSR count). The van der Waals surface area contributed by atoms with Gasteiger partial charge in [-0.25, -0.2) is 0 Å². The number of likely N-dealkylation sites (N-methyl/N-ethyl adjacent to an activating group) is 1. The van der Waals surface area contributed by atoms with Crippen molar-refractivity contribution in [2.75, 3.05) is 52.9 Å². The Hall–Kier alpha value is -4.29. The van der Waals surface area contributed by atoms with Crippen LogP contribution in [0.1, 0.15) is 43.4 Å². The molecule has 0 radical (unpaired) electrons. The SMILES string of the molecule is CN[C@H](C)C(=O)N[C@@H]1CN(C(=O)CN2CCNC(=O)C2)CC[C@@]2(C(=O)NC(c3ccccc3)c3ccccc3)CCCN2C1=O. The van der Waals surface area contributed by atoms with Gasteiger partial charge in [-0.05, 0) is 44.4 Å². The summed E-state index contributed by atoms with van der Waals surface area (Å²) >= 11 is 0. The Bertz CT molecular complexity index is 1350. The molecular weight excluding hydrogens is 574 g/mol. The van der Waals surface area contributed by atoms with E-state index in [9.17, 15) is 24.0 Å². The second kappa shape index (κ2) is 14.2. The van der Waals surface area contributed by atoms with E-state index in [0.717, 1.165) is 11.1 Å². The average Bonchev–Trinajstić information content (AvgIpc) is 3.48. The van der Waals surface area contributed by atoms with Crippen molar-refractivity contribution in [1.82, 2.24) is 36.0 Å². The lowest BCUT2D eigenvalue weighted by atomic mass is 9.87. The number of amides is 5. The van der Waals surface area contributed by atoms with Gasteiger partial charge >= 0.3 is 0 Å². The van der Waals surface area contributed by atoms with Crippen LogP contribution in [0, 0.1) is 0 Å². The first kappa shape index (κ1) is 32.1. The predicted molar refractivity (Wildman–Crippen MR) is 168 cm³/mol. The van der Waals surface area contributed by atoms with Gasteiger partial charge in [0.1, 0.15) is 11.6 Å². The number of nitrogens with zero attached hydrogens (tertiary/aromatic N) is 3. The maximum absolute atomic E-state index is 14.5. The van der Waals surface area contributed by atoms with E-state index in [2.05, 4.69) is 21.3 Å². The third kappa shape index (κ3) is 7.18. The van der Waals surface area contributed by atoms with Gasteiger partial charge in [0, 0.05) is 32.7 Å². The number of benzene rings is 2. The number of nitrogens with one attached hydrogen (secondary N) is 4. The van der Waals surface area contributed by atoms with Crippen molar-refractivity contribution in [3.05, 3.63) is 71.8 Å². The summed E-state index contributed by atoms with van der Waals surface area (Å²) in [7, 11) is 1.65. The molecule has 2 aromatic rings. The molecule has 3 atom stereocenters. The fraction of sp³-hybridized carbons (Fsp3) is 0.485. The quantitative estimate of drug-likeness (QED) is 0.311. The first-order chi connectivity index (χ1) is 21.7. The smallest absolute Gasteiger partial charge is 0.247 e. The molecule has 3 aliphatic rings. The van der Waals surface area contributed by atoms with Crippen molar-refractivity contribution >= 4 is 29.5 Å². The van der Waals surface area contributed by atoms with Gasteiger partial charge in [-0.3, -0.25) is 28.9 Å². The lowest BCUT2D eigenvalue weighted by Crippen LogP contribution is -2.67. The first-order valence-electron chi connectivity index (χ1n) is 15.7. The molecule has 0 spiro atoms. The molecule has 0 aromatic heterocycles. The fourth-order valence-corrected chi connectivity index (χ4v) is 6.50. The van der Waals surface area contributed by atoms with Crippen molar-refractivity contribution in [2.24, 2.45) is 0 Å². The molecule has 3 heterocycles. The molecule has 5 amide bonds. The highest BCUT2D eigenvalue weighted by atomic mass is 16.2. The number of hydrogen-bond acceptors (Lipinski definition) is 7. The molecule has 3 saturated heterocycles. The van der Waals surface area contributed by atoms with Crippen LogP contribution in [0.25, 0.3) is 0 Å². The summed E-state index contributed by atoms with van der Waals surface area (Å²) in [4.78, 5) is 72.4. The fourth-order valence-electron chi connectivity index (χ4n) is 6.50. The average molecular weight is 618 g/mol. The zero-order valence-electron chi connectivity index (χ0n) is 26.0. The Balaban J connectivity index is 1.45. The topological polar surface area (TPSA) is 143 Å². The molecule has 0 saturated carbocycles. The van der Waals surface area contributed by atoms with Gasteiger partial charge in [-0.2, -0.15) is 0 Å². The predicted octanol–water partition coefficient (Wildman–Crippen LogP) is 0.0102. The number of fused-ring (bicyclic) bond motifs is 1. The largest absolute Gasteiger partial charge is 0.354 e. The maximum atomic E-state index is 14.5. The summed E-state index contributed by atoms with van der Waals surface area (Å²) in [5.74, 6) is -1.45. The molecule has 240 valence electrons. The highest BCUT2D eigenvalue weighted by Crippen LogP contribution is 2.36. The van der Waals surface area contributed by atoms with Gasteiger partial charge < -0.3 is 31.1 Å². The van der Waals surface area contributed by atoms with Crippen LogP contribution in [0.15, 0.2) is 60.7 Å². The monoisotopic (exact) mass is 617 g/mol. The number of carbonyl (C=O) groups is 5. The standard InChI is InChI=1S/C33H43N7O5/c1-23(34-2)30(43)36-26-20-39(28(42)22-38-19-16-35-27(41)21-38)18-15-33(14-9-17-40(33)31(26)44)32(45)37-29(24-10-5-3-6-11-24)25-12-7-4-8-13-25/h3-8,10-13,23,26,29,34H,9,14-22H2,1-2H3,(H,35,41)(H,36,43)(H,37,45)/t23-,26-,33-/m1/s1. The molecule has 4 N–H and O–H groups in total. The number of carbonyl (C=O) groups excluding carboxylic acids is 5. The van der Waals surface area contributed by atoms with Crippen molar-refractivity contribution in [3.8, 4) is 0 Å². The molecule has 3 aliphatic heterocycles. The molecule has 0 unspecified atom stereocenters. The molecule has 12 heteroatoms. The minimum absolute atomic E-state index is 0.00218. The van der Waals surface area contributed by atoms with Crippen LogP contribution >= 0.6 is 0 Å². The summed E-state index contributed by atoms with van der Waals surface area (Å²) in [5.41, 5.74) is 0.605.